The molecule has 4 rings (SSSR count). The van der Waals surface area contributed by atoms with Crippen LogP contribution in [0.2, 0.25) is 0 Å². The van der Waals surface area contributed by atoms with Crippen LogP contribution in [0.25, 0.3) is 6.08 Å². The molecular weight excluding hydrogens is 371 g/mol. The smallest absolute Gasteiger partial charge is 0.291 e. The first-order valence-electron chi connectivity index (χ1n) is 9.02. The Kier molecular flexibility index (Phi) is 5.07. The molecule has 1 aliphatic rings. The van der Waals surface area contributed by atoms with Gasteiger partial charge in [-0.1, -0.05) is 48.5 Å². The molecule has 3 aromatic rings. The van der Waals surface area contributed by atoms with Gasteiger partial charge < -0.3 is 15.4 Å². The minimum absolute atomic E-state index is 0.0649. The van der Waals surface area contributed by atoms with Gasteiger partial charge in [0.25, 0.3) is 11.8 Å². The normalized spacial score (nSPS) is 14.0. The zero-order valence-corrected chi connectivity index (χ0v) is 15.3. The SMILES string of the molecule is O=C1Nc2cc(C(=O)NCc3ccccc3F)ccc2OC1=Cc1ccccc1. The summed E-state index contributed by atoms with van der Waals surface area (Å²) >= 11 is 0. The summed E-state index contributed by atoms with van der Waals surface area (Å²) in [4.78, 5) is 24.7. The van der Waals surface area contributed by atoms with Gasteiger partial charge in [-0.2, -0.15) is 0 Å². The van der Waals surface area contributed by atoms with E-state index < -0.39 is 5.91 Å². The van der Waals surface area contributed by atoms with Crippen molar-refractivity contribution in [3.05, 3.63) is 101 Å². The molecule has 2 amide bonds. The van der Waals surface area contributed by atoms with Gasteiger partial charge >= 0.3 is 0 Å². The number of halogens is 1. The Balaban J connectivity index is 1.49. The van der Waals surface area contributed by atoms with Crippen LogP contribution in [0.1, 0.15) is 21.5 Å². The maximum absolute atomic E-state index is 13.7. The van der Waals surface area contributed by atoms with Crippen LogP contribution >= 0.6 is 0 Å². The molecule has 0 atom stereocenters. The first kappa shape index (κ1) is 18.4. The molecule has 29 heavy (non-hydrogen) atoms. The molecule has 1 heterocycles. The van der Waals surface area contributed by atoms with Gasteiger partial charge in [0, 0.05) is 17.7 Å². The summed E-state index contributed by atoms with van der Waals surface area (Å²) in [5.41, 5.74) is 1.97. The molecule has 6 heteroatoms. The highest BCUT2D eigenvalue weighted by molar-refractivity contribution is 6.09. The minimum atomic E-state index is -0.398. The fourth-order valence-corrected chi connectivity index (χ4v) is 2.92. The Morgan fingerprint density at radius 2 is 1.79 bits per heavy atom. The van der Waals surface area contributed by atoms with E-state index >= 15 is 0 Å². The van der Waals surface area contributed by atoms with Gasteiger partial charge in [-0.3, -0.25) is 9.59 Å². The molecule has 2 N–H and O–H groups in total. The Labute approximate surface area is 166 Å². The standard InChI is InChI=1S/C23H17FN2O3/c24-18-9-5-4-8-17(18)14-25-22(27)16-10-11-20-19(13-16)26-23(28)21(29-20)12-15-6-2-1-3-7-15/h1-13H,14H2,(H,25,27)(H,26,28). The van der Waals surface area contributed by atoms with Crippen LogP contribution in [0, 0.1) is 5.82 Å². The van der Waals surface area contributed by atoms with Gasteiger partial charge in [-0.15, -0.1) is 0 Å². The van der Waals surface area contributed by atoms with Gasteiger partial charge in [0.05, 0.1) is 5.69 Å². The molecular formula is C23H17FN2O3. The Bertz CT molecular complexity index is 1110. The average molecular weight is 388 g/mol. The number of carbonyl (C=O) groups excluding carboxylic acids is 2. The van der Waals surface area contributed by atoms with E-state index in [1.807, 2.05) is 30.3 Å². The zero-order chi connectivity index (χ0) is 20.2. The molecule has 144 valence electrons. The predicted octanol–water partition coefficient (Wildman–Crippen LogP) is 4.13. The van der Waals surface area contributed by atoms with E-state index in [1.165, 1.54) is 12.1 Å². The molecule has 0 radical (unpaired) electrons. The number of fused-ring (bicyclic) bond motifs is 1. The number of anilines is 1. The summed E-state index contributed by atoms with van der Waals surface area (Å²) in [7, 11) is 0. The average Bonchev–Trinajstić information content (AvgIpc) is 2.74. The van der Waals surface area contributed by atoms with Gasteiger partial charge in [0.2, 0.25) is 0 Å². The number of amides is 2. The number of ether oxygens (including phenoxy) is 1. The molecule has 0 aromatic heterocycles. The van der Waals surface area contributed by atoms with Gasteiger partial charge in [0.1, 0.15) is 5.82 Å². The van der Waals surface area contributed by atoms with Crippen molar-refractivity contribution < 1.29 is 18.7 Å². The second-order valence-electron chi connectivity index (χ2n) is 6.46. The third-order valence-corrected chi connectivity index (χ3v) is 4.43. The van der Waals surface area contributed by atoms with Crippen molar-refractivity contribution in [3.63, 3.8) is 0 Å². The van der Waals surface area contributed by atoms with Crippen molar-refractivity contribution in [1.29, 1.82) is 0 Å². The van der Waals surface area contributed by atoms with E-state index in [-0.39, 0.29) is 24.0 Å². The fraction of sp³-hybridized carbons (Fsp3) is 0.0435. The van der Waals surface area contributed by atoms with Crippen molar-refractivity contribution in [1.82, 2.24) is 5.32 Å². The Morgan fingerprint density at radius 1 is 1.03 bits per heavy atom. The van der Waals surface area contributed by atoms with Crippen LogP contribution in [0.4, 0.5) is 10.1 Å². The minimum Gasteiger partial charge on any atom is -0.449 e. The molecule has 5 nitrogen and oxygen atoms in total. The first-order chi connectivity index (χ1) is 14.1. The number of carbonyl (C=O) groups is 2. The van der Waals surface area contributed by atoms with Gasteiger partial charge in [-0.25, -0.2) is 4.39 Å². The third-order valence-electron chi connectivity index (χ3n) is 4.43. The molecule has 3 aromatic carbocycles. The van der Waals surface area contributed by atoms with Gasteiger partial charge in [0.15, 0.2) is 11.5 Å². The fourth-order valence-electron chi connectivity index (χ4n) is 2.92. The summed E-state index contributed by atoms with van der Waals surface area (Å²) in [6.07, 6.45) is 1.65. The number of hydrogen-bond donors (Lipinski definition) is 2. The van der Waals surface area contributed by atoms with Crippen molar-refractivity contribution in [2.75, 3.05) is 5.32 Å². The van der Waals surface area contributed by atoms with Crippen molar-refractivity contribution >= 4 is 23.6 Å². The van der Waals surface area contributed by atoms with Crippen LogP contribution in [0.15, 0.2) is 78.6 Å². The molecule has 1 aliphatic heterocycles. The van der Waals surface area contributed by atoms with Crippen molar-refractivity contribution in [2.24, 2.45) is 0 Å². The number of rotatable bonds is 4. The Hall–Kier alpha value is -3.93. The van der Waals surface area contributed by atoms with E-state index in [4.69, 9.17) is 4.74 Å². The monoisotopic (exact) mass is 388 g/mol. The van der Waals surface area contributed by atoms with Crippen molar-refractivity contribution in [3.8, 4) is 5.75 Å². The number of hydrogen-bond acceptors (Lipinski definition) is 3. The molecule has 0 unspecified atom stereocenters. The summed E-state index contributed by atoms with van der Waals surface area (Å²) in [6, 6.07) is 20.3. The maximum atomic E-state index is 13.7. The second-order valence-corrected chi connectivity index (χ2v) is 6.46. The number of benzene rings is 3. The highest BCUT2D eigenvalue weighted by Gasteiger charge is 2.23. The molecule has 0 fully saturated rings. The predicted molar refractivity (Wildman–Crippen MR) is 108 cm³/mol. The zero-order valence-electron chi connectivity index (χ0n) is 15.3. The van der Waals surface area contributed by atoms with E-state index in [2.05, 4.69) is 10.6 Å². The largest absolute Gasteiger partial charge is 0.449 e. The lowest BCUT2D eigenvalue weighted by atomic mass is 10.1. The quantitative estimate of drug-likeness (QED) is 0.661. The summed E-state index contributed by atoms with van der Waals surface area (Å²) in [5.74, 6) is -0.546. The second kappa shape index (κ2) is 7.98. The van der Waals surface area contributed by atoms with E-state index in [0.717, 1.165) is 5.56 Å². The molecule has 0 aliphatic carbocycles. The summed E-state index contributed by atoms with van der Waals surface area (Å²) < 4.78 is 19.4. The Morgan fingerprint density at radius 3 is 2.59 bits per heavy atom. The highest BCUT2D eigenvalue weighted by atomic mass is 19.1. The van der Waals surface area contributed by atoms with Crippen LogP contribution in [0.3, 0.4) is 0 Å². The van der Waals surface area contributed by atoms with E-state index in [0.29, 0.717) is 22.6 Å². The van der Waals surface area contributed by atoms with Crippen LogP contribution < -0.4 is 15.4 Å². The molecule has 0 saturated heterocycles. The van der Waals surface area contributed by atoms with E-state index in [9.17, 15) is 14.0 Å². The van der Waals surface area contributed by atoms with Crippen molar-refractivity contribution in [2.45, 2.75) is 6.54 Å². The highest BCUT2D eigenvalue weighted by Crippen LogP contribution is 2.32. The lowest BCUT2D eigenvalue weighted by molar-refractivity contribution is -0.115. The van der Waals surface area contributed by atoms with E-state index in [1.54, 1.807) is 36.4 Å². The van der Waals surface area contributed by atoms with Crippen LogP contribution in [0.5, 0.6) is 5.75 Å². The number of nitrogens with one attached hydrogen (secondary N) is 2. The maximum Gasteiger partial charge on any atom is 0.291 e. The van der Waals surface area contributed by atoms with Gasteiger partial charge in [-0.05, 0) is 35.9 Å². The third kappa shape index (κ3) is 4.16. The molecule has 0 saturated carbocycles. The lowest BCUT2D eigenvalue weighted by Gasteiger charge is -2.20. The van der Waals surface area contributed by atoms with Crippen LogP contribution in [-0.2, 0) is 11.3 Å². The van der Waals surface area contributed by atoms with Crippen LogP contribution in [-0.4, -0.2) is 11.8 Å². The first-order valence-corrected chi connectivity index (χ1v) is 9.02. The summed E-state index contributed by atoms with van der Waals surface area (Å²) in [6.45, 7) is 0.0649. The lowest BCUT2D eigenvalue weighted by Crippen LogP contribution is -2.26. The summed E-state index contributed by atoms with van der Waals surface area (Å²) in [5, 5.41) is 5.41. The molecule has 0 spiro atoms. The topological polar surface area (TPSA) is 67.4 Å². The molecule has 0 bridgehead atoms.